The van der Waals surface area contributed by atoms with E-state index in [2.05, 4.69) is 33.7 Å². The van der Waals surface area contributed by atoms with Crippen LogP contribution < -0.4 is 9.46 Å². The predicted molar refractivity (Wildman–Crippen MR) is 128 cm³/mol. The average molecular weight is 473 g/mol. The van der Waals surface area contributed by atoms with Crippen molar-refractivity contribution in [3.8, 4) is 5.75 Å². The molecule has 6 nitrogen and oxygen atoms in total. The summed E-state index contributed by atoms with van der Waals surface area (Å²) in [6.45, 7) is 1.78. The number of nitrogens with zero attached hydrogens (tertiary/aromatic N) is 1. The number of amides is 1. The number of sulfonamides is 1. The molecule has 170 valence electrons. The number of thiophene rings is 1. The summed E-state index contributed by atoms with van der Waals surface area (Å²) in [6.07, 6.45) is 1.83. The van der Waals surface area contributed by atoms with Crippen molar-refractivity contribution in [1.29, 1.82) is 0 Å². The predicted octanol–water partition coefficient (Wildman–Crippen LogP) is 3.93. The van der Waals surface area contributed by atoms with Crippen molar-refractivity contribution in [1.82, 2.24) is 9.62 Å². The molecule has 0 aliphatic heterocycles. The summed E-state index contributed by atoms with van der Waals surface area (Å²) >= 11 is 1.71. The van der Waals surface area contributed by atoms with Crippen molar-refractivity contribution < 1.29 is 17.9 Å². The fraction of sp³-hybridized carbons (Fsp3) is 0.292. The summed E-state index contributed by atoms with van der Waals surface area (Å²) in [6, 6.07) is 18.2. The van der Waals surface area contributed by atoms with E-state index in [0.29, 0.717) is 13.2 Å². The van der Waals surface area contributed by atoms with Gasteiger partial charge in [-0.2, -0.15) is 11.3 Å². The molecule has 0 radical (unpaired) electrons. The van der Waals surface area contributed by atoms with Gasteiger partial charge in [0.05, 0.1) is 11.5 Å². The second-order valence-electron chi connectivity index (χ2n) is 7.55. The second kappa shape index (κ2) is 11.8. The molecular weight excluding hydrogens is 444 g/mol. The van der Waals surface area contributed by atoms with Crippen LogP contribution in [-0.4, -0.2) is 46.0 Å². The summed E-state index contributed by atoms with van der Waals surface area (Å²) < 4.78 is 32.3. The molecule has 0 bridgehead atoms. The monoisotopic (exact) mass is 472 g/mol. The highest BCUT2D eigenvalue weighted by Gasteiger charge is 2.17. The fourth-order valence-electron chi connectivity index (χ4n) is 3.12. The van der Waals surface area contributed by atoms with Crippen LogP contribution in [0.2, 0.25) is 0 Å². The van der Waals surface area contributed by atoms with Gasteiger partial charge in [-0.05, 0) is 72.1 Å². The maximum Gasteiger partial charge on any atom is 0.264 e. The molecule has 0 spiro atoms. The van der Waals surface area contributed by atoms with Crippen LogP contribution in [0.3, 0.4) is 0 Å². The number of nitrogens with one attached hydrogen (secondary N) is 1. The Morgan fingerprint density at radius 1 is 1.00 bits per heavy atom. The van der Waals surface area contributed by atoms with Crippen LogP contribution in [0.25, 0.3) is 0 Å². The van der Waals surface area contributed by atoms with Gasteiger partial charge in [0.15, 0.2) is 0 Å². The largest absolute Gasteiger partial charge is 0.494 e. The van der Waals surface area contributed by atoms with Crippen molar-refractivity contribution in [2.75, 3.05) is 26.7 Å². The van der Waals surface area contributed by atoms with Gasteiger partial charge in [-0.1, -0.05) is 30.3 Å². The highest BCUT2D eigenvalue weighted by atomic mass is 32.2. The number of carbonyl (C=O) groups is 1. The number of benzene rings is 2. The van der Waals surface area contributed by atoms with Gasteiger partial charge in [0.1, 0.15) is 5.75 Å². The van der Waals surface area contributed by atoms with E-state index < -0.39 is 15.9 Å². The molecule has 0 unspecified atom stereocenters. The molecule has 3 rings (SSSR count). The fourth-order valence-corrected chi connectivity index (χ4v) is 4.82. The zero-order chi connectivity index (χ0) is 22.8. The summed E-state index contributed by atoms with van der Waals surface area (Å²) in [5.74, 6) is 0.326. The number of hydrogen-bond acceptors (Lipinski definition) is 6. The SMILES string of the molecule is CN(CCCOc1ccc(Cc2ccsc2)cc1)CCC(=O)NS(=O)(=O)c1ccccc1. The minimum absolute atomic E-state index is 0.0818. The molecule has 1 heterocycles. The molecule has 2 aromatic carbocycles. The average Bonchev–Trinajstić information content (AvgIpc) is 3.30. The first kappa shape index (κ1) is 24.0. The van der Waals surface area contributed by atoms with Gasteiger partial charge in [0.2, 0.25) is 5.91 Å². The maximum atomic E-state index is 12.2. The minimum atomic E-state index is -3.81. The lowest BCUT2D eigenvalue weighted by Crippen LogP contribution is -2.33. The quantitative estimate of drug-likeness (QED) is 0.404. The van der Waals surface area contributed by atoms with Gasteiger partial charge < -0.3 is 9.64 Å². The van der Waals surface area contributed by atoms with Gasteiger partial charge in [-0.3, -0.25) is 4.79 Å². The summed E-state index contributed by atoms with van der Waals surface area (Å²) in [5, 5.41) is 4.25. The minimum Gasteiger partial charge on any atom is -0.494 e. The maximum absolute atomic E-state index is 12.2. The Hall–Kier alpha value is -2.68. The van der Waals surface area contributed by atoms with E-state index in [9.17, 15) is 13.2 Å². The summed E-state index contributed by atoms with van der Waals surface area (Å²) in [4.78, 5) is 14.1. The molecule has 0 saturated heterocycles. The molecule has 8 heteroatoms. The van der Waals surface area contributed by atoms with E-state index in [1.165, 1.54) is 23.3 Å². The van der Waals surface area contributed by atoms with Gasteiger partial charge >= 0.3 is 0 Å². The van der Waals surface area contributed by atoms with E-state index >= 15 is 0 Å². The number of ether oxygens (including phenoxy) is 1. The van der Waals surface area contributed by atoms with Gasteiger partial charge in [-0.15, -0.1) is 0 Å². The lowest BCUT2D eigenvalue weighted by Gasteiger charge is -2.16. The Kier molecular flexibility index (Phi) is 8.84. The molecule has 1 amide bonds. The molecule has 0 atom stereocenters. The molecule has 0 aliphatic carbocycles. The lowest BCUT2D eigenvalue weighted by atomic mass is 10.1. The zero-order valence-electron chi connectivity index (χ0n) is 18.1. The van der Waals surface area contributed by atoms with Crippen LogP contribution in [0.1, 0.15) is 24.0 Å². The highest BCUT2D eigenvalue weighted by Crippen LogP contribution is 2.17. The van der Waals surface area contributed by atoms with Gasteiger partial charge in [-0.25, -0.2) is 13.1 Å². The van der Waals surface area contributed by atoms with E-state index in [-0.39, 0.29) is 11.3 Å². The van der Waals surface area contributed by atoms with Crippen molar-refractivity contribution in [3.05, 3.63) is 82.6 Å². The third-order valence-electron chi connectivity index (χ3n) is 4.89. The zero-order valence-corrected chi connectivity index (χ0v) is 19.7. The highest BCUT2D eigenvalue weighted by molar-refractivity contribution is 7.90. The summed E-state index contributed by atoms with van der Waals surface area (Å²) in [5.41, 5.74) is 2.57. The first-order chi connectivity index (χ1) is 15.4. The Morgan fingerprint density at radius 2 is 1.75 bits per heavy atom. The molecule has 0 saturated carbocycles. The van der Waals surface area contributed by atoms with E-state index in [4.69, 9.17) is 4.74 Å². The van der Waals surface area contributed by atoms with Gasteiger partial charge in [0, 0.05) is 19.5 Å². The smallest absolute Gasteiger partial charge is 0.264 e. The van der Waals surface area contributed by atoms with Gasteiger partial charge in [0.25, 0.3) is 10.0 Å². The molecular formula is C24H28N2O4S2. The topological polar surface area (TPSA) is 75.7 Å². The Balaban J connectivity index is 1.31. The number of rotatable bonds is 12. The Bertz CT molecular complexity index is 1070. The summed E-state index contributed by atoms with van der Waals surface area (Å²) in [7, 11) is -1.91. The number of carbonyl (C=O) groups excluding carboxylic acids is 1. The van der Waals surface area contributed by atoms with E-state index in [1.54, 1.807) is 29.5 Å². The first-order valence-electron chi connectivity index (χ1n) is 10.4. The third-order valence-corrected chi connectivity index (χ3v) is 7.01. The molecule has 1 aromatic heterocycles. The van der Waals surface area contributed by atoms with E-state index in [1.807, 2.05) is 24.1 Å². The standard InChI is InChI=1S/C24H28N2O4S2/c1-26(15-12-24(27)25-32(28,29)23-6-3-2-4-7-23)14-5-16-30-22-10-8-20(9-11-22)18-21-13-17-31-19-21/h2-4,6-11,13,17,19H,5,12,14-16,18H2,1H3,(H,25,27). The van der Waals surface area contributed by atoms with Crippen LogP contribution in [0, 0.1) is 0 Å². The van der Waals surface area contributed by atoms with Crippen LogP contribution in [0.4, 0.5) is 0 Å². The molecule has 0 fully saturated rings. The van der Waals surface area contributed by atoms with Crippen molar-refractivity contribution >= 4 is 27.3 Å². The molecule has 0 aliphatic rings. The Morgan fingerprint density at radius 3 is 2.44 bits per heavy atom. The second-order valence-corrected chi connectivity index (χ2v) is 10.0. The van der Waals surface area contributed by atoms with Crippen molar-refractivity contribution in [2.24, 2.45) is 0 Å². The lowest BCUT2D eigenvalue weighted by molar-refractivity contribution is -0.119. The normalized spacial score (nSPS) is 11.4. The molecule has 3 aromatic rings. The van der Waals surface area contributed by atoms with Crippen LogP contribution >= 0.6 is 11.3 Å². The van der Waals surface area contributed by atoms with Crippen molar-refractivity contribution in [3.63, 3.8) is 0 Å². The molecule has 1 N–H and O–H groups in total. The molecule has 32 heavy (non-hydrogen) atoms. The van der Waals surface area contributed by atoms with Crippen LogP contribution in [0.5, 0.6) is 5.75 Å². The van der Waals surface area contributed by atoms with Crippen LogP contribution in [-0.2, 0) is 21.2 Å². The first-order valence-corrected chi connectivity index (χ1v) is 12.9. The van der Waals surface area contributed by atoms with Crippen molar-refractivity contribution in [2.45, 2.75) is 24.2 Å². The Labute approximate surface area is 193 Å². The van der Waals surface area contributed by atoms with E-state index in [0.717, 1.165) is 25.1 Å². The third kappa shape index (κ3) is 7.78. The number of hydrogen-bond donors (Lipinski definition) is 1. The van der Waals surface area contributed by atoms with Crippen LogP contribution in [0.15, 0.2) is 76.3 Å².